The molecule has 0 saturated heterocycles. The monoisotopic (exact) mass is 346 g/mol. The smallest absolute Gasteiger partial charge is 0.270 e. The molecule has 0 saturated carbocycles. The van der Waals surface area contributed by atoms with Crippen LogP contribution < -0.4 is 0 Å². The van der Waals surface area contributed by atoms with Gasteiger partial charge in [0.05, 0.1) is 0 Å². The summed E-state index contributed by atoms with van der Waals surface area (Å²) in [6.45, 7) is 7.49. The molecule has 0 aliphatic rings. The molecule has 0 bridgehead atoms. The van der Waals surface area contributed by atoms with Crippen LogP contribution in [-0.2, 0) is 13.1 Å². The molecule has 1 amide bonds. The lowest BCUT2D eigenvalue weighted by Gasteiger charge is -2.20. The van der Waals surface area contributed by atoms with Gasteiger partial charge in [0.2, 0.25) is 0 Å². The first-order valence-corrected chi connectivity index (χ1v) is 8.97. The molecule has 3 heteroatoms. The molecule has 0 atom stereocenters. The summed E-state index contributed by atoms with van der Waals surface area (Å²) in [5, 5.41) is 0. The minimum atomic E-state index is 0.0621. The molecule has 3 rings (SSSR count). The van der Waals surface area contributed by atoms with E-state index in [4.69, 9.17) is 0 Å². The summed E-state index contributed by atoms with van der Waals surface area (Å²) in [7, 11) is 1.87. The van der Waals surface area contributed by atoms with Gasteiger partial charge in [-0.1, -0.05) is 60.2 Å². The molecule has 1 heterocycles. The number of benzene rings is 2. The number of hydrogen-bond donors (Lipinski definition) is 0. The molecule has 26 heavy (non-hydrogen) atoms. The van der Waals surface area contributed by atoms with Gasteiger partial charge in [-0.15, -0.1) is 0 Å². The summed E-state index contributed by atoms with van der Waals surface area (Å²) in [4.78, 5) is 15.0. The van der Waals surface area contributed by atoms with E-state index in [2.05, 4.69) is 48.7 Å². The molecule has 0 aliphatic heterocycles. The Morgan fingerprint density at radius 1 is 0.923 bits per heavy atom. The van der Waals surface area contributed by atoms with E-state index in [1.165, 1.54) is 11.1 Å². The Balaban J connectivity index is 1.88. The van der Waals surface area contributed by atoms with E-state index in [1.54, 1.807) is 4.90 Å². The standard InChI is InChI=1S/C23H26N2O/c1-17-9-8-12-21(13-17)16-25-19(3)14-18(2)22(25)23(26)24(4)15-20-10-6-5-7-11-20/h5-14H,15-16H2,1-4H3. The molecule has 0 unspecified atom stereocenters. The second-order valence-corrected chi connectivity index (χ2v) is 7.04. The highest BCUT2D eigenvalue weighted by atomic mass is 16.2. The molecule has 0 spiro atoms. The van der Waals surface area contributed by atoms with Gasteiger partial charge in [-0.05, 0) is 43.5 Å². The van der Waals surface area contributed by atoms with Crippen LogP contribution in [0, 0.1) is 20.8 Å². The maximum Gasteiger partial charge on any atom is 0.270 e. The average molecular weight is 346 g/mol. The van der Waals surface area contributed by atoms with Gasteiger partial charge in [-0.25, -0.2) is 0 Å². The van der Waals surface area contributed by atoms with Gasteiger partial charge in [0.1, 0.15) is 5.69 Å². The summed E-state index contributed by atoms with van der Waals surface area (Å²) in [6, 6.07) is 20.6. The Bertz CT molecular complexity index is 909. The maximum atomic E-state index is 13.2. The van der Waals surface area contributed by atoms with E-state index in [0.717, 1.165) is 22.5 Å². The zero-order valence-electron chi connectivity index (χ0n) is 16.0. The normalized spacial score (nSPS) is 10.8. The van der Waals surface area contributed by atoms with Crippen molar-refractivity contribution in [2.45, 2.75) is 33.9 Å². The molecule has 3 nitrogen and oxygen atoms in total. The first-order valence-electron chi connectivity index (χ1n) is 8.97. The predicted octanol–water partition coefficient (Wildman–Crippen LogP) is 4.73. The Kier molecular flexibility index (Phi) is 5.27. The molecule has 1 aromatic heterocycles. The van der Waals surface area contributed by atoms with Crippen LogP contribution in [0.1, 0.15) is 38.4 Å². The highest BCUT2D eigenvalue weighted by molar-refractivity contribution is 5.94. The van der Waals surface area contributed by atoms with E-state index < -0.39 is 0 Å². The average Bonchev–Trinajstić information content (AvgIpc) is 2.88. The van der Waals surface area contributed by atoms with Crippen molar-refractivity contribution in [2.75, 3.05) is 7.05 Å². The predicted molar refractivity (Wildman–Crippen MR) is 106 cm³/mol. The van der Waals surface area contributed by atoms with Crippen LogP contribution in [0.2, 0.25) is 0 Å². The SMILES string of the molecule is Cc1cccc(Cn2c(C)cc(C)c2C(=O)N(C)Cc2ccccc2)c1. The number of aromatic nitrogens is 1. The largest absolute Gasteiger partial charge is 0.336 e. The van der Waals surface area contributed by atoms with Gasteiger partial charge in [-0.2, -0.15) is 0 Å². The van der Waals surface area contributed by atoms with Crippen molar-refractivity contribution in [1.29, 1.82) is 0 Å². The summed E-state index contributed by atoms with van der Waals surface area (Å²) in [5.41, 5.74) is 6.50. The molecule has 0 radical (unpaired) electrons. The van der Waals surface area contributed by atoms with Crippen molar-refractivity contribution < 1.29 is 4.79 Å². The van der Waals surface area contributed by atoms with E-state index in [9.17, 15) is 4.79 Å². The molecule has 3 aromatic rings. The van der Waals surface area contributed by atoms with Gasteiger partial charge in [0, 0.05) is 25.8 Å². The fourth-order valence-corrected chi connectivity index (χ4v) is 3.44. The van der Waals surface area contributed by atoms with Crippen molar-refractivity contribution in [1.82, 2.24) is 9.47 Å². The Labute approximate surface area is 155 Å². The van der Waals surface area contributed by atoms with Crippen LogP contribution >= 0.6 is 0 Å². The number of carbonyl (C=O) groups excluding carboxylic acids is 1. The fraction of sp³-hybridized carbons (Fsp3) is 0.261. The second kappa shape index (κ2) is 7.61. The number of carbonyl (C=O) groups is 1. The Morgan fingerprint density at radius 2 is 1.62 bits per heavy atom. The summed E-state index contributed by atoms with van der Waals surface area (Å²) < 4.78 is 2.13. The second-order valence-electron chi connectivity index (χ2n) is 7.04. The Hall–Kier alpha value is -2.81. The lowest BCUT2D eigenvalue weighted by Crippen LogP contribution is -2.29. The number of aryl methyl sites for hydroxylation is 3. The van der Waals surface area contributed by atoms with Crippen LogP contribution in [0.5, 0.6) is 0 Å². The number of rotatable bonds is 5. The zero-order valence-corrected chi connectivity index (χ0v) is 16.0. The van der Waals surface area contributed by atoms with Gasteiger partial charge in [0.25, 0.3) is 5.91 Å². The third kappa shape index (κ3) is 3.88. The lowest BCUT2D eigenvalue weighted by atomic mass is 10.1. The Morgan fingerprint density at radius 3 is 2.31 bits per heavy atom. The summed E-state index contributed by atoms with van der Waals surface area (Å²) >= 11 is 0. The van der Waals surface area contributed by atoms with Gasteiger partial charge in [0.15, 0.2) is 0 Å². The molecular formula is C23H26N2O. The van der Waals surface area contributed by atoms with Crippen molar-refractivity contribution >= 4 is 5.91 Å². The minimum absolute atomic E-state index is 0.0621. The highest BCUT2D eigenvalue weighted by Crippen LogP contribution is 2.20. The first-order chi connectivity index (χ1) is 12.5. The molecule has 2 aromatic carbocycles. The van der Waals surface area contributed by atoms with Crippen molar-refractivity contribution in [2.24, 2.45) is 0 Å². The van der Waals surface area contributed by atoms with E-state index in [-0.39, 0.29) is 5.91 Å². The lowest BCUT2D eigenvalue weighted by molar-refractivity contribution is 0.0774. The third-order valence-corrected chi connectivity index (χ3v) is 4.73. The minimum Gasteiger partial charge on any atom is -0.336 e. The number of amides is 1. The first kappa shape index (κ1) is 18.0. The van der Waals surface area contributed by atoms with E-state index in [0.29, 0.717) is 13.1 Å². The van der Waals surface area contributed by atoms with Crippen LogP contribution in [0.15, 0.2) is 60.7 Å². The van der Waals surface area contributed by atoms with Gasteiger partial charge < -0.3 is 9.47 Å². The zero-order chi connectivity index (χ0) is 18.7. The molecule has 0 N–H and O–H groups in total. The fourth-order valence-electron chi connectivity index (χ4n) is 3.44. The van der Waals surface area contributed by atoms with Crippen LogP contribution in [0.25, 0.3) is 0 Å². The number of hydrogen-bond acceptors (Lipinski definition) is 1. The molecule has 134 valence electrons. The summed E-state index contributed by atoms with van der Waals surface area (Å²) in [6.07, 6.45) is 0. The van der Waals surface area contributed by atoms with Crippen LogP contribution in [0.3, 0.4) is 0 Å². The van der Waals surface area contributed by atoms with Crippen molar-refractivity contribution in [3.05, 3.63) is 94.3 Å². The highest BCUT2D eigenvalue weighted by Gasteiger charge is 2.21. The van der Waals surface area contributed by atoms with Crippen molar-refractivity contribution in [3.8, 4) is 0 Å². The topological polar surface area (TPSA) is 25.2 Å². The third-order valence-electron chi connectivity index (χ3n) is 4.73. The van der Waals surface area contributed by atoms with Crippen LogP contribution in [-0.4, -0.2) is 22.4 Å². The quantitative estimate of drug-likeness (QED) is 0.655. The van der Waals surface area contributed by atoms with Gasteiger partial charge in [-0.3, -0.25) is 4.79 Å². The van der Waals surface area contributed by atoms with E-state index >= 15 is 0 Å². The van der Waals surface area contributed by atoms with Crippen molar-refractivity contribution in [3.63, 3.8) is 0 Å². The molecule has 0 aliphatic carbocycles. The number of nitrogens with zero attached hydrogens (tertiary/aromatic N) is 2. The van der Waals surface area contributed by atoms with Gasteiger partial charge >= 0.3 is 0 Å². The molecule has 0 fully saturated rings. The van der Waals surface area contributed by atoms with Crippen LogP contribution in [0.4, 0.5) is 0 Å². The maximum absolute atomic E-state index is 13.2. The van der Waals surface area contributed by atoms with E-state index in [1.807, 2.05) is 44.3 Å². The molecular weight excluding hydrogens is 320 g/mol. The summed E-state index contributed by atoms with van der Waals surface area (Å²) in [5.74, 6) is 0.0621.